The summed E-state index contributed by atoms with van der Waals surface area (Å²) in [5.41, 5.74) is 1.22. The number of carbonyl (C=O) groups is 2. The Balaban J connectivity index is 1.85. The lowest BCUT2D eigenvalue weighted by Crippen LogP contribution is -2.31. The molecule has 1 N–H and O–H groups in total. The van der Waals surface area contributed by atoms with Crippen LogP contribution in [0.15, 0.2) is 77.4 Å². The monoisotopic (exact) mass is 439 g/mol. The smallest absolute Gasteiger partial charge is 0.294 e. The molecule has 0 saturated heterocycles. The highest BCUT2D eigenvalue weighted by molar-refractivity contribution is 7.12. The molecule has 0 bridgehead atoms. The molecule has 1 atom stereocenters. The molecule has 0 saturated carbocycles. The van der Waals surface area contributed by atoms with Gasteiger partial charge in [0.15, 0.2) is 5.76 Å². The first-order valence-corrected chi connectivity index (χ1v) is 10.6. The fourth-order valence-electron chi connectivity index (χ4n) is 3.50. The highest BCUT2D eigenvalue weighted by Crippen LogP contribution is 2.43. The van der Waals surface area contributed by atoms with Crippen LogP contribution in [0.5, 0.6) is 5.75 Å². The van der Waals surface area contributed by atoms with E-state index in [-0.39, 0.29) is 11.4 Å². The molecule has 1 aliphatic heterocycles. The number of benzene rings is 2. The average Bonchev–Trinajstić information content (AvgIpc) is 3.36. The van der Waals surface area contributed by atoms with Crippen molar-refractivity contribution in [2.45, 2.75) is 13.0 Å². The largest absolute Gasteiger partial charge is 0.503 e. The van der Waals surface area contributed by atoms with E-state index in [0.717, 1.165) is 0 Å². The quantitative estimate of drug-likeness (QED) is 0.509. The number of hydrogen-bond acceptors (Lipinski definition) is 5. The number of amides is 1. The zero-order valence-electron chi connectivity index (χ0n) is 16.0. The minimum atomic E-state index is -0.791. The van der Waals surface area contributed by atoms with E-state index in [1.54, 1.807) is 66.0 Å². The van der Waals surface area contributed by atoms with Gasteiger partial charge in [-0.1, -0.05) is 35.9 Å². The molecule has 5 nitrogen and oxygen atoms in total. The third-order valence-electron chi connectivity index (χ3n) is 4.79. The lowest BCUT2D eigenvalue weighted by molar-refractivity contribution is -0.117. The summed E-state index contributed by atoms with van der Waals surface area (Å²) in [6.45, 7) is 2.42. The molecule has 2 aromatic carbocycles. The molecule has 0 radical (unpaired) electrons. The molecule has 0 spiro atoms. The van der Waals surface area contributed by atoms with Gasteiger partial charge in [-0.05, 0) is 54.3 Å². The SMILES string of the molecule is CCOc1ccc(C2C(C(=O)c3cccs3)=C(O)C(=O)N2c2cccc(Cl)c2)cc1. The minimum Gasteiger partial charge on any atom is -0.503 e. The zero-order valence-corrected chi connectivity index (χ0v) is 17.6. The highest BCUT2D eigenvalue weighted by atomic mass is 35.5. The van der Waals surface area contributed by atoms with Gasteiger partial charge < -0.3 is 9.84 Å². The van der Waals surface area contributed by atoms with Crippen molar-refractivity contribution in [1.82, 2.24) is 0 Å². The number of Topliss-reactive ketones (excluding diaryl/α,β-unsaturated/α-hetero) is 1. The van der Waals surface area contributed by atoms with Crippen molar-refractivity contribution >= 4 is 40.3 Å². The lowest BCUT2D eigenvalue weighted by Gasteiger charge is -2.27. The second-order valence-corrected chi connectivity index (χ2v) is 8.01. The van der Waals surface area contributed by atoms with E-state index in [0.29, 0.717) is 33.5 Å². The number of halogens is 1. The summed E-state index contributed by atoms with van der Waals surface area (Å²) < 4.78 is 5.50. The van der Waals surface area contributed by atoms with Crippen LogP contribution in [0.1, 0.15) is 28.2 Å². The van der Waals surface area contributed by atoms with Crippen LogP contribution in [0.3, 0.4) is 0 Å². The molecule has 1 aromatic heterocycles. The summed E-state index contributed by atoms with van der Waals surface area (Å²) in [5, 5.41) is 12.9. The number of aliphatic hydroxyl groups is 1. The molecule has 4 rings (SSSR count). The maximum Gasteiger partial charge on any atom is 0.294 e. The fourth-order valence-corrected chi connectivity index (χ4v) is 4.36. The van der Waals surface area contributed by atoms with E-state index >= 15 is 0 Å². The Hall–Kier alpha value is -3.09. The highest BCUT2D eigenvalue weighted by Gasteiger charge is 2.44. The normalized spacial score (nSPS) is 16.3. The number of ether oxygens (including phenoxy) is 1. The van der Waals surface area contributed by atoms with Crippen molar-refractivity contribution < 1.29 is 19.4 Å². The second-order valence-electron chi connectivity index (χ2n) is 6.63. The van der Waals surface area contributed by atoms with Crippen molar-refractivity contribution in [3.05, 3.63) is 92.8 Å². The molecule has 1 unspecified atom stereocenters. The first kappa shape index (κ1) is 20.2. The molecule has 7 heteroatoms. The van der Waals surface area contributed by atoms with Crippen molar-refractivity contribution in [2.75, 3.05) is 11.5 Å². The predicted octanol–water partition coefficient (Wildman–Crippen LogP) is 5.58. The molecule has 2 heterocycles. The molecular weight excluding hydrogens is 422 g/mol. The minimum absolute atomic E-state index is 0.0478. The number of hydrogen-bond donors (Lipinski definition) is 1. The summed E-state index contributed by atoms with van der Waals surface area (Å²) >= 11 is 7.40. The van der Waals surface area contributed by atoms with Crippen LogP contribution in [0.25, 0.3) is 0 Å². The summed E-state index contributed by atoms with van der Waals surface area (Å²) in [6.07, 6.45) is 0. The van der Waals surface area contributed by atoms with Crippen molar-refractivity contribution in [2.24, 2.45) is 0 Å². The Morgan fingerprint density at radius 2 is 1.93 bits per heavy atom. The first-order valence-electron chi connectivity index (χ1n) is 9.34. The topological polar surface area (TPSA) is 66.8 Å². The maximum atomic E-state index is 13.2. The van der Waals surface area contributed by atoms with Gasteiger partial charge in [-0.3, -0.25) is 14.5 Å². The van der Waals surface area contributed by atoms with Crippen LogP contribution in [0.4, 0.5) is 5.69 Å². The van der Waals surface area contributed by atoms with Crippen LogP contribution in [-0.2, 0) is 4.79 Å². The third-order valence-corrected chi connectivity index (χ3v) is 5.89. The maximum absolute atomic E-state index is 13.2. The van der Waals surface area contributed by atoms with E-state index in [9.17, 15) is 14.7 Å². The fraction of sp³-hybridized carbons (Fsp3) is 0.130. The molecule has 3 aromatic rings. The summed E-state index contributed by atoms with van der Waals surface area (Å²) in [4.78, 5) is 28.1. The number of carbonyl (C=O) groups excluding carboxylic acids is 2. The van der Waals surface area contributed by atoms with Crippen LogP contribution in [0.2, 0.25) is 5.02 Å². The van der Waals surface area contributed by atoms with E-state index < -0.39 is 17.7 Å². The van der Waals surface area contributed by atoms with Crippen molar-refractivity contribution in [1.29, 1.82) is 0 Å². The van der Waals surface area contributed by atoms with Crippen LogP contribution >= 0.6 is 22.9 Å². The van der Waals surface area contributed by atoms with Crippen LogP contribution < -0.4 is 9.64 Å². The van der Waals surface area contributed by atoms with Gasteiger partial charge in [-0.2, -0.15) is 0 Å². The molecule has 0 fully saturated rings. The Morgan fingerprint density at radius 3 is 2.57 bits per heavy atom. The molecular formula is C23H18ClNO4S. The number of nitrogens with zero attached hydrogens (tertiary/aromatic N) is 1. The van der Waals surface area contributed by atoms with Gasteiger partial charge in [-0.15, -0.1) is 11.3 Å². The number of anilines is 1. The number of ketones is 1. The van der Waals surface area contributed by atoms with Crippen molar-refractivity contribution in [3.8, 4) is 5.75 Å². The van der Waals surface area contributed by atoms with Crippen molar-refractivity contribution in [3.63, 3.8) is 0 Å². The Morgan fingerprint density at radius 1 is 1.17 bits per heavy atom. The molecule has 152 valence electrons. The number of aliphatic hydroxyl groups excluding tert-OH is 1. The van der Waals surface area contributed by atoms with E-state index in [4.69, 9.17) is 16.3 Å². The average molecular weight is 440 g/mol. The molecule has 1 amide bonds. The van der Waals surface area contributed by atoms with Gasteiger partial charge in [0.05, 0.1) is 23.1 Å². The van der Waals surface area contributed by atoms with E-state index in [1.165, 1.54) is 16.2 Å². The molecule has 1 aliphatic rings. The Bertz CT molecular complexity index is 1120. The Labute approximate surface area is 182 Å². The summed E-state index contributed by atoms with van der Waals surface area (Å²) in [5.74, 6) is -0.887. The van der Waals surface area contributed by atoms with Gasteiger partial charge in [0.25, 0.3) is 5.91 Å². The van der Waals surface area contributed by atoms with Gasteiger partial charge >= 0.3 is 0 Å². The predicted molar refractivity (Wildman–Crippen MR) is 118 cm³/mol. The second kappa shape index (κ2) is 8.34. The van der Waals surface area contributed by atoms with E-state index in [2.05, 4.69) is 0 Å². The molecule has 30 heavy (non-hydrogen) atoms. The first-order chi connectivity index (χ1) is 14.5. The zero-order chi connectivity index (χ0) is 21.3. The third kappa shape index (κ3) is 3.60. The van der Waals surface area contributed by atoms with Gasteiger partial charge in [0, 0.05) is 10.7 Å². The van der Waals surface area contributed by atoms with Crippen LogP contribution in [0, 0.1) is 0 Å². The van der Waals surface area contributed by atoms with Gasteiger partial charge in [0.1, 0.15) is 5.75 Å². The Kier molecular flexibility index (Phi) is 5.61. The standard InChI is InChI=1S/C23H18ClNO4S/c1-2-29-17-10-8-14(9-11-17)20-19(21(26)18-7-4-12-30-18)22(27)23(28)25(20)16-6-3-5-15(24)13-16/h3-13,20,27H,2H2,1H3. The summed E-state index contributed by atoms with van der Waals surface area (Å²) in [7, 11) is 0. The van der Waals surface area contributed by atoms with Crippen LogP contribution in [-0.4, -0.2) is 23.4 Å². The number of rotatable bonds is 6. The van der Waals surface area contributed by atoms with E-state index in [1.807, 2.05) is 6.92 Å². The van der Waals surface area contributed by atoms with Gasteiger partial charge in [0.2, 0.25) is 5.78 Å². The van der Waals surface area contributed by atoms with Gasteiger partial charge in [-0.25, -0.2) is 0 Å². The molecule has 0 aliphatic carbocycles. The lowest BCUT2D eigenvalue weighted by atomic mass is 9.95. The summed E-state index contributed by atoms with van der Waals surface area (Å²) in [6, 6.07) is 16.6. The number of thiophene rings is 1.